The Morgan fingerprint density at radius 1 is 0.795 bits per heavy atom. The molecule has 10 nitrogen and oxygen atoms in total. The van der Waals surface area contributed by atoms with Gasteiger partial charge in [0.2, 0.25) is 5.24 Å². The van der Waals surface area contributed by atoms with Gasteiger partial charge < -0.3 is 5.73 Å². The number of nitrogens with two attached hydrogens (primary N) is 1. The number of rotatable bonds is 5. The van der Waals surface area contributed by atoms with Crippen LogP contribution in [0.15, 0.2) is 46.1 Å². The quantitative estimate of drug-likeness (QED) is 0.0603. The maximum Gasteiger partial charge on any atom is 0.236 e. The molecule has 5 aromatic heterocycles. The van der Waals surface area contributed by atoms with Gasteiger partial charge >= 0.3 is 0 Å². The van der Waals surface area contributed by atoms with Crippen molar-refractivity contribution in [3.05, 3.63) is 57.4 Å². The van der Waals surface area contributed by atoms with Gasteiger partial charge in [-0.1, -0.05) is 83.9 Å². The number of anilines is 1. The van der Waals surface area contributed by atoms with Crippen molar-refractivity contribution in [3.8, 4) is 0 Å². The van der Waals surface area contributed by atoms with Gasteiger partial charge in [0.1, 0.15) is 32.6 Å². The van der Waals surface area contributed by atoms with Crippen LogP contribution in [0, 0.1) is 6.92 Å². The standard InChI is InChI=1S/C8H7Cl2N3S.C8H8ClN3S.C5H6ClN3S.C2H2Cl2O.C2H6.H2/c1-14-8-12-6(10)2-7-11-5(3-9)4-13(7)8;1-5-4-12-7(10-5)3-6(9)11-8(12)13-2;1-10-5-8-3(6)2-4(7)9-5;3-1-2(4)5;1-2;/h2,4H,3H2,1H3;3-4H,1-2H3;2H,1H3,(H2,7,8,9);1H2;1-2H3;1H. The third-order valence-corrected chi connectivity index (χ3v) is 7.66. The number of thioether (sulfide) groups is 3. The van der Waals surface area contributed by atoms with E-state index in [9.17, 15) is 4.79 Å². The van der Waals surface area contributed by atoms with Crippen LogP contribution in [0.5, 0.6) is 0 Å². The summed E-state index contributed by atoms with van der Waals surface area (Å²) < 4.78 is 3.82. The minimum Gasteiger partial charge on any atom is -0.384 e. The van der Waals surface area contributed by atoms with E-state index in [2.05, 4.69) is 29.9 Å². The molecule has 0 aliphatic rings. The molecule has 5 aromatic rings. The zero-order valence-electron chi connectivity index (χ0n) is 24.4. The molecule has 0 saturated carbocycles. The number of nitrogens with zero attached hydrogens (tertiary/aromatic N) is 8. The maximum absolute atomic E-state index is 9.45. The Labute approximate surface area is 300 Å². The van der Waals surface area contributed by atoms with E-state index in [0.29, 0.717) is 32.3 Å². The molecule has 44 heavy (non-hydrogen) atoms. The second-order valence-electron chi connectivity index (χ2n) is 7.43. The Morgan fingerprint density at radius 3 is 1.70 bits per heavy atom. The lowest BCUT2D eigenvalue weighted by atomic mass is 10.6. The van der Waals surface area contributed by atoms with Crippen molar-refractivity contribution in [1.82, 2.24) is 38.7 Å². The maximum atomic E-state index is 9.45. The highest BCUT2D eigenvalue weighted by molar-refractivity contribution is 7.98. The molecule has 0 amide bonds. The number of hydrogen-bond donors (Lipinski definition) is 1. The lowest BCUT2D eigenvalue weighted by Gasteiger charge is -2.00. The normalized spacial score (nSPS) is 10.0. The van der Waals surface area contributed by atoms with Crippen LogP contribution in [-0.4, -0.2) is 68.6 Å². The van der Waals surface area contributed by atoms with E-state index in [-0.39, 0.29) is 7.31 Å². The molecular weight excluding hydrogens is 751 g/mol. The minimum absolute atomic E-state index is 0. The van der Waals surface area contributed by atoms with Gasteiger partial charge in [-0.05, 0) is 37.3 Å². The molecule has 0 aliphatic heterocycles. The average Bonchev–Trinajstić information content (AvgIpc) is 3.59. The molecule has 5 heterocycles. The van der Waals surface area contributed by atoms with Gasteiger partial charge in [-0.15, -0.1) is 23.2 Å². The molecule has 0 aromatic carbocycles. The van der Waals surface area contributed by atoms with Crippen LogP contribution in [0.3, 0.4) is 0 Å². The molecule has 0 spiro atoms. The van der Waals surface area contributed by atoms with Crippen molar-refractivity contribution in [3.63, 3.8) is 0 Å². The van der Waals surface area contributed by atoms with Crippen molar-refractivity contribution in [2.45, 2.75) is 42.1 Å². The third kappa shape index (κ3) is 13.5. The number of nitrogen functional groups attached to an aromatic ring is 1. The van der Waals surface area contributed by atoms with Crippen molar-refractivity contribution in [2.24, 2.45) is 0 Å². The zero-order chi connectivity index (χ0) is 33.4. The fourth-order valence-electron chi connectivity index (χ4n) is 2.90. The highest BCUT2D eigenvalue weighted by Gasteiger charge is 2.07. The number of imidazole rings is 2. The summed E-state index contributed by atoms with van der Waals surface area (Å²) >= 11 is 37.0. The molecule has 242 valence electrons. The van der Waals surface area contributed by atoms with Gasteiger partial charge in [-0.3, -0.25) is 13.6 Å². The number of hydrogen-bond acceptors (Lipinski definition) is 11. The fourth-order valence-corrected chi connectivity index (χ4v) is 5.17. The molecule has 0 fully saturated rings. The lowest BCUT2D eigenvalue weighted by Crippen LogP contribution is -1.93. The molecular formula is C25H31Cl6N9OS3. The summed E-state index contributed by atoms with van der Waals surface area (Å²) in [5.41, 5.74) is 8.81. The van der Waals surface area contributed by atoms with Gasteiger partial charge in [0.15, 0.2) is 15.5 Å². The molecule has 0 saturated heterocycles. The largest absolute Gasteiger partial charge is 0.384 e. The predicted molar refractivity (Wildman–Crippen MR) is 192 cm³/mol. The van der Waals surface area contributed by atoms with E-state index in [1.54, 1.807) is 23.9 Å². The molecule has 0 atom stereocenters. The van der Waals surface area contributed by atoms with Gasteiger partial charge in [0.25, 0.3) is 0 Å². The highest BCUT2D eigenvalue weighted by atomic mass is 35.5. The smallest absolute Gasteiger partial charge is 0.236 e. The average molecular weight is 783 g/mol. The fraction of sp³-hybridized carbons (Fsp3) is 0.320. The van der Waals surface area contributed by atoms with Gasteiger partial charge in [-0.2, -0.15) is 0 Å². The topological polar surface area (TPSA) is 129 Å². The van der Waals surface area contributed by atoms with Crippen LogP contribution < -0.4 is 5.73 Å². The third-order valence-electron chi connectivity index (χ3n) is 4.43. The molecule has 5 rings (SSSR count). The first kappa shape index (κ1) is 40.6. The summed E-state index contributed by atoms with van der Waals surface area (Å²) in [6.07, 6.45) is 9.60. The zero-order valence-corrected chi connectivity index (χ0v) is 31.3. The van der Waals surface area contributed by atoms with Crippen LogP contribution in [0.4, 0.5) is 5.82 Å². The second-order valence-corrected chi connectivity index (χ2v) is 11.9. The molecule has 0 aliphatic carbocycles. The van der Waals surface area contributed by atoms with E-state index in [1.807, 2.05) is 60.7 Å². The Balaban J connectivity index is 0.000000585. The molecule has 0 bridgehead atoms. The van der Waals surface area contributed by atoms with Gasteiger partial charge in [0, 0.05) is 32.0 Å². The van der Waals surface area contributed by atoms with Crippen molar-refractivity contribution >= 4 is 127 Å². The van der Waals surface area contributed by atoms with Crippen LogP contribution in [0.2, 0.25) is 15.5 Å². The summed E-state index contributed by atoms with van der Waals surface area (Å²) in [4.78, 5) is 34.2. The molecule has 0 unspecified atom stereocenters. The number of carbonyl (C=O) groups excluding carboxylic acids is 1. The Hall–Kier alpha value is -1.42. The molecule has 19 heteroatoms. The Morgan fingerprint density at radius 2 is 1.27 bits per heavy atom. The second kappa shape index (κ2) is 21.4. The van der Waals surface area contributed by atoms with E-state index in [4.69, 9.17) is 75.3 Å². The molecule has 2 N–H and O–H groups in total. The number of aryl methyl sites for hydroxylation is 1. The van der Waals surface area contributed by atoms with Crippen molar-refractivity contribution < 1.29 is 6.22 Å². The number of alkyl halides is 2. The van der Waals surface area contributed by atoms with E-state index in [0.717, 1.165) is 33.0 Å². The van der Waals surface area contributed by atoms with Crippen molar-refractivity contribution in [2.75, 3.05) is 30.4 Å². The van der Waals surface area contributed by atoms with Crippen LogP contribution in [-0.2, 0) is 10.7 Å². The SMILES string of the molecule is CC.CSc1nc(Cl)cc2nc(C)cn12.CSc1nc(Cl)cc2nc(CCl)cn12.CSc1nc(N)cc(Cl)n1.O=C(Cl)CCl.[HH]. The van der Waals surface area contributed by atoms with E-state index >= 15 is 0 Å². The minimum atomic E-state index is -0.508. The number of fused-ring (bicyclic) bond motifs is 2. The first-order valence-corrected chi connectivity index (χ1v) is 18.5. The summed E-state index contributed by atoms with van der Waals surface area (Å²) in [6.45, 7) is 5.95. The number of aromatic nitrogens is 8. The Kier molecular flexibility index (Phi) is 19.7. The van der Waals surface area contributed by atoms with Crippen LogP contribution in [0.25, 0.3) is 11.3 Å². The molecule has 0 radical (unpaired) electrons. The highest BCUT2D eigenvalue weighted by Crippen LogP contribution is 2.20. The summed E-state index contributed by atoms with van der Waals surface area (Å²) in [7, 11) is 0. The summed E-state index contributed by atoms with van der Waals surface area (Å²) in [5, 5.41) is 3.10. The van der Waals surface area contributed by atoms with Crippen LogP contribution >= 0.6 is 105 Å². The van der Waals surface area contributed by atoms with Gasteiger partial charge in [-0.25, -0.2) is 29.9 Å². The number of halogens is 6. The van der Waals surface area contributed by atoms with E-state index in [1.165, 1.54) is 29.6 Å². The number of carbonyl (C=O) groups is 1. The van der Waals surface area contributed by atoms with Crippen molar-refractivity contribution in [1.29, 1.82) is 0 Å². The van der Waals surface area contributed by atoms with Gasteiger partial charge in [0.05, 0.1) is 23.1 Å². The predicted octanol–water partition coefficient (Wildman–Crippen LogP) is 8.95. The lowest BCUT2D eigenvalue weighted by molar-refractivity contribution is -0.109. The first-order chi connectivity index (χ1) is 20.9. The summed E-state index contributed by atoms with van der Waals surface area (Å²) in [5.74, 6) is 0.707. The van der Waals surface area contributed by atoms with Crippen LogP contribution in [0.1, 0.15) is 26.7 Å². The Bertz CT molecular complexity index is 1630. The monoisotopic (exact) mass is 779 g/mol. The van der Waals surface area contributed by atoms with E-state index < -0.39 is 5.24 Å². The first-order valence-electron chi connectivity index (χ1n) is 12.2. The summed E-state index contributed by atoms with van der Waals surface area (Å²) in [6, 6.07) is 4.99.